The normalized spacial score (nSPS) is 12.6. The van der Waals surface area contributed by atoms with Gasteiger partial charge in [-0.25, -0.2) is 0 Å². The second-order valence-electron chi connectivity index (χ2n) is 4.12. The molecule has 0 saturated heterocycles. The second-order valence-corrected chi connectivity index (χ2v) is 4.12. The Morgan fingerprint density at radius 1 is 1.18 bits per heavy atom. The lowest BCUT2D eigenvalue weighted by Crippen LogP contribution is -2.82. The molecule has 0 bridgehead atoms. The highest BCUT2D eigenvalue weighted by molar-refractivity contribution is 5.83. The Morgan fingerprint density at radius 2 is 1.94 bits per heavy atom. The van der Waals surface area contributed by atoms with Crippen LogP contribution in [0.15, 0.2) is 42.5 Å². The van der Waals surface area contributed by atoms with Crippen molar-refractivity contribution in [3.63, 3.8) is 0 Å². The molecule has 0 radical (unpaired) electrons. The number of likely N-dealkylation sites (N-methyl/N-ethyl adjacent to an activating group) is 1. The molecule has 0 fully saturated rings. The van der Waals surface area contributed by atoms with Gasteiger partial charge in [0.05, 0.1) is 7.05 Å². The minimum atomic E-state index is -0.425. The van der Waals surface area contributed by atoms with Gasteiger partial charge in [0.25, 0.3) is 0 Å². The van der Waals surface area contributed by atoms with Crippen molar-refractivity contribution in [1.82, 2.24) is 0 Å². The van der Waals surface area contributed by atoms with Gasteiger partial charge >= 0.3 is 0 Å². The summed E-state index contributed by atoms with van der Waals surface area (Å²) in [5.41, 5.74) is 0. The van der Waals surface area contributed by atoms with E-state index in [9.17, 15) is 5.11 Å². The van der Waals surface area contributed by atoms with E-state index in [1.165, 1.54) is 5.39 Å². The Bertz CT molecular complexity index is 484. The third-order valence-electron chi connectivity index (χ3n) is 2.67. The topological polar surface area (TPSA) is 46.1 Å². The SMILES string of the molecule is C[NH2+]C[C@@H](O)COc1ccc2ccccc2c1. The summed E-state index contributed by atoms with van der Waals surface area (Å²) in [7, 11) is 1.93. The fraction of sp³-hybridized carbons (Fsp3) is 0.286. The van der Waals surface area contributed by atoms with E-state index in [1.807, 2.05) is 42.7 Å². The van der Waals surface area contributed by atoms with E-state index in [-0.39, 0.29) is 0 Å². The molecule has 1 atom stereocenters. The standard InChI is InChI=1S/C14H17NO2/c1-15-9-13(16)10-17-14-7-6-11-4-2-3-5-12(11)8-14/h2-8,13,15-16H,9-10H2,1H3/p+1/t13-/m1/s1. The lowest BCUT2D eigenvalue weighted by molar-refractivity contribution is -0.633. The van der Waals surface area contributed by atoms with Crippen LogP contribution in [-0.2, 0) is 0 Å². The molecule has 0 heterocycles. The monoisotopic (exact) mass is 232 g/mol. The first kappa shape index (κ1) is 11.9. The van der Waals surface area contributed by atoms with Gasteiger partial charge in [-0.2, -0.15) is 0 Å². The molecule has 3 heteroatoms. The predicted octanol–water partition coefficient (Wildman–Crippen LogP) is 0.773. The number of ether oxygens (including phenoxy) is 1. The summed E-state index contributed by atoms with van der Waals surface area (Å²) in [5, 5.41) is 13.9. The maximum absolute atomic E-state index is 9.57. The fourth-order valence-corrected chi connectivity index (χ4v) is 1.79. The van der Waals surface area contributed by atoms with E-state index in [0.717, 1.165) is 11.1 Å². The van der Waals surface area contributed by atoms with Crippen molar-refractivity contribution in [2.75, 3.05) is 20.2 Å². The van der Waals surface area contributed by atoms with Crippen LogP contribution >= 0.6 is 0 Å². The van der Waals surface area contributed by atoms with Crippen LogP contribution in [0.3, 0.4) is 0 Å². The minimum absolute atomic E-state index is 0.336. The van der Waals surface area contributed by atoms with Crippen molar-refractivity contribution in [3.05, 3.63) is 42.5 Å². The minimum Gasteiger partial charge on any atom is -0.491 e. The second kappa shape index (κ2) is 5.66. The molecule has 90 valence electrons. The molecule has 3 nitrogen and oxygen atoms in total. The Hall–Kier alpha value is -1.58. The highest BCUT2D eigenvalue weighted by Crippen LogP contribution is 2.20. The summed E-state index contributed by atoms with van der Waals surface area (Å²) in [6.45, 7) is 0.996. The number of nitrogens with two attached hydrogens (primary N) is 1. The van der Waals surface area contributed by atoms with Gasteiger partial charge in [-0.1, -0.05) is 30.3 Å². The molecular formula is C14H18NO2+. The molecule has 0 unspecified atom stereocenters. The maximum atomic E-state index is 9.57. The molecule has 0 saturated carbocycles. The Labute approximate surface area is 101 Å². The zero-order chi connectivity index (χ0) is 12.1. The number of rotatable bonds is 5. The Morgan fingerprint density at radius 3 is 2.71 bits per heavy atom. The average Bonchev–Trinajstić information content (AvgIpc) is 2.36. The molecule has 17 heavy (non-hydrogen) atoms. The van der Waals surface area contributed by atoms with Crippen molar-refractivity contribution in [2.45, 2.75) is 6.10 Å². The highest BCUT2D eigenvalue weighted by atomic mass is 16.5. The summed E-state index contributed by atoms with van der Waals surface area (Å²) >= 11 is 0. The van der Waals surface area contributed by atoms with Gasteiger partial charge < -0.3 is 15.2 Å². The van der Waals surface area contributed by atoms with Gasteiger partial charge in [0.1, 0.15) is 25.0 Å². The quantitative estimate of drug-likeness (QED) is 0.800. The van der Waals surface area contributed by atoms with E-state index in [4.69, 9.17) is 4.74 Å². The number of benzene rings is 2. The summed E-state index contributed by atoms with van der Waals surface area (Å²) in [5.74, 6) is 0.804. The molecule has 0 spiro atoms. The summed E-state index contributed by atoms with van der Waals surface area (Å²) in [6.07, 6.45) is -0.425. The lowest BCUT2D eigenvalue weighted by Gasteiger charge is -2.10. The summed E-state index contributed by atoms with van der Waals surface area (Å²) < 4.78 is 5.56. The van der Waals surface area contributed by atoms with Gasteiger partial charge in [-0.15, -0.1) is 0 Å². The van der Waals surface area contributed by atoms with Crippen molar-refractivity contribution < 1.29 is 15.2 Å². The van der Waals surface area contributed by atoms with Crippen LogP contribution in [0.25, 0.3) is 10.8 Å². The van der Waals surface area contributed by atoms with E-state index < -0.39 is 6.10 Å². The number of fused-ring (bicyclic) bond motifs is 1. The van der Waals surface area contributed by atoms with Crippen LogP contribution in [0.5, 0.6) is 5.75 Å². The van der Waals surface area contributed by atoms with E-state index in [1.54, 1.807) is 0 Å². The van der Waals surface area contributed by atoms with Crippen LogP contribution in [0, 0.1) is 0 Å². The first-order valence-electron chi connectivity index (χ1n) is 5.87. The number of quaternary nitrogens is 1. The fourth-order valence-electron chi connectivity index (χ4n) is 1.79. The summed E-state index contributed by atoms with van der Waals surface area (Å²) in [6, 6.07) is 14.1. The van der Waals surface area contributed by atoms with Gasteiger partial charge in [0.15, 0.2) is 0 Å². The first-order chi connectivity index (χ1) is 8.29. The van der Waals surface area contributed by atoms with E-state index >= 15 is 0 Å². The molecule has 2 aromatic carbocycles. The number of hydrogen-bond acceptors (Lipinski definition) is 2. The van der Waals surface area contributed by atoms with Crippen LogP contribution in [0.2, 0.25) is 0 Å². The predicted molar refractivity (Wildman–Crippen MR) is 68.2 cm³/mol. The maximum Gasteiger partial charge on any atom is 0.137 e. The number of aliphatic hydroxyl groups is 1. The molecule has 0 aliphatic carbocycles. The van der Waals surface area contributed by atoms with Crippen molar-refractivity contribution in [1.29, 1.82) is 0 Å². The number of aliphatic hydroxyl groups excluding tert-OH is 1. The smallest absolute Gasteiger partial charge is 0.137 e. The van der Waals surface area contributed by atoms with Crippen molar-refractivity contribution in [3.8, 4) is 5.75 Å². The zero-order valence-electron chi connectivity index (χ0n) is 9.97. The van der Waals surface area contributed by atoms with E-state index in [2.05, 4.69) is 12.1 Å². The third-order valence-corrected chi connectivity index (χ3v) is 2.67. The highest BCUT2D eigenvalue weighted by Gasteiger charge is 2.05. The van der Waals surface area contributed by atoms with Crippen molar-refractivity contribution >= 4 is 10.8 Å². The molecule has 0 aromatic heterocycles. The Kier molecular flexibility index (Phi) is 3.96. The van der Waals surface area contributed by atoms with E-state index in [0.29, 0.717) is 13.2 Å². The number of hydrogen-bond donors (Lipinski definition) is 2. The van der Waals surface area contributed by atoms with Crippen LogP contribution in [0.1, 0.15) is 0 Å². The lowest BCUT2D eigenvalue weighted by atomic mass is 10.1. The average molecular weight is 232 g/mol. The van der Waals surface area contributed by atoms with Gasteiger partial charge in [0.2, 0.25) is 0 Å². The molecule has 0 aliphatic rings. The Balaban J connectivity index is 2.04. The van der Waals surface area contributed by atoms with Gasteiger partial charge in [0, 0.05) is 0 Å². The molecule has 0 aliphatic heterocycles. The summed E-state index contributed by atoms with van der Waals surface area (Å²) in [4.78, 5) is 0. The van der Waals surface area contributed by atoms with Gasteiger partial charge in [-0.05, 0) is 22.9 Å². The van der Waals surface area contributed by atoms with Gasteiger partial charge in [-0.3, -0.25) is 0 Å². The molecule has 2 aromatic rings. The third kappa shape index (κ3) is 3.19. The van der Waals surface area contributed by atoms with Crippen LogP contribution in [-0.4, -0.2) is 31.4 Å². The van der Waals surface area contributed by atoms with Crippen LogP contribution in [0.4, 0.5) is 0 Å². The van der Waals surface area contributed by atoms with Crippen LogP contribution < -0.4 is 10.1 Å². The zero-order valence-corrected chi connectivity index (χ0v) is 9.97. The van der Waals surface area contributed by atoms with Crippen molar-refractivity contribution in [2.24, 2.45) is 0 Å². The largest absolute Gasteiger partial charge is 0.491 e. The molecule has 3 N–H and O–H groups in total. The molecule has 0 amide bonds. The first-order valence-corrected chi connectivity index (χ1v) is 5.87. The molecule has 2 rings (SSSR count). The molecular weight excluding hydrogens is 214 g/mol.